The Bertz CT molecular complexity index is 668. The largest absolute Gasteiger partial charge is 0.367 e. The Morgan fingerprint density at radius 2 is 2.08 bits per heavy atom. The summed E-state index contributed by atoms with van der Waals surface area (Å²) < 4.78 is 5.24. The summed E-state index contributed by atoms with van der Waals surface area (Å²) in [4.78, 5) is 24.4. The van der Waals surface area contributed by atoms with Gasteiger partial charge in [-0.2, -0.15) is 0 Å². The molecule has 0 radical (unpaired) electrons. The quantitative estimate of drug-likeness (QED) is 0.744. The molecule has 2 aromatic heterocycles. The first kappa shape index (κ1) is 17.2. The van der Waals surface area contributed by atoms with Crippen molar-refractivity contribution in [2.75, 3.05) is 44.6 Å². The maximum atomic E-state index is 12.2. The Balaban J connectivity index is 1.32. The lowest BCUT2D eigenvalue weighted by Gasteiger charge is -2.34. The van der Waals surface area contributed by atoms with E-state index in [0.717, 1.165) is 31.1 Å². The maximum Gasteiger partial charge on any atom is 0.317 e. The highest BCUT2D eigenvalue weighted by Gasteiger charge is 2.21. The van der Waals surface area contributed by atoms with E-state index >= 15 is 0 Å². The average Bonchev–Trinajstić information content (AvgIpc) is 3.05. The Labute approximate surface area is 146 Å². The molecule has 3 rings (SSSR count). The van der Waals surface area contributed by atoms with Crippen LogP contribution in [0.15, 0.2) is 29.2 Å². The van der Waals surface area contributed by atoms with E-state index in [1.807, 2.05) is 17.9 Å². The van der Waals surface area contributed by atoms with Gasteiger partial charge < -0.3 is 20.1 Å². The van der Waals surface area contributed by atoms with E-state index in [4.69, 9.17) is 4.52 Å². The topological polar surface area (TPSA) is 99.4 Å². The lowest BCUT2D eigenvalue weighted by molar-refractivity contribution is 0.128. The fraction of sp³-hybridized carbons (Fsp3) is 0.500. The number of anilines is 1. The third-order valence-corrected chi connectivity index (χ3v) is 3.99. The summed E-state index contributed by atoms with van der Waals surface area (Å²) in [5, 5.41) is 9.93. The van der Waals surface area contributed by atoms with Crippen molar-refractivity contribution in [2.45, 2.75) is 13.5 Å². The summed E-state index contributed by atoms with van der Waals surface area (Å²) in [6, 6.07) is 1.92. The van der Waals surface area contributed by atoms with E-state index in [0.29, 0.717) is 32.0 Å². The number of carbonyl (C=O) groups excluding carboxylic acids is 1. The van der Waals surface area contributed by atoms with Crippen LogP contribution in [0.2, 0.25) is 0 Å². The summed E-state index contributed by atoms with van der Waals surface area (Å²) in [6.45, 7) is 6.85. The van der Waals surface area contributed by atoms with Gasteiger partial charge in [-0.05, 0) is 6.92 Å². The SMILES string of the molecule is Cc1cc(CN2CCN(C(=O)NCCNc3cnccn3)CC2)on1. The van der Waals surface area contributed by atoms with Crippen LogP contribution in [0.1, 0.15) is 11.5 Å². The summed E-state index contributed by atoms with van der Waals surface area (Å²) in [5.41, 5.74) is 0.892. The highest BCUT2D eigenvalue weighted by Crippen LogP contribution is 2.09. The Hall–Kier alpha value is -2.68. The molecule has 0 bridgehead atoms. The molecule has 1 aliphatic heterocycles. The van der Waals surface area contributed by atoms with Crippen molar-refractivity contribution >= 4 is 11.8 Å². The predicted molar refractivity (Wildman–Crippen MR) is 92.0 cm³/mol. The van der Waals surface area contributed by atoms with Gasteiger partial charge in [0, 0.05) is 57.7 Å². The Kier molecular flexibility index (Phi) is 5.78. The molecule has 25 heavy (non-hydrogen) atoms. The molecule has 0 atom stereocenters. The number of amides is 2. The van der Waals surface area contributed by atoms with Gasteiger partial charge in [0.25, 0.3) is 0 Å². The number of nitrogens with one attached hydrogen (secondary N) is 2. The van der Waals surface area contributed by atoms with Gasteiger partial charge >= 0.3 is 6.03 Å². The van der Waals surface area contributed by atoms with E-state index in [-0.39, 0.29) is 6.03 Å². The Morgan fingerprint density at radius 1 is 1.24 bits per heavy atom. The molecule has 9 nitrogen and oxygen atoms in total. The first-order valence-corrected chi connectivity index (χ1v) is 8.38. The van der Waals surface area contributed by atoms with Crippen LogP contribution in [-0.2, 0) is 6.54 Å². The second-order valence-electron chi connectivity index (χ2n) is 5.95. The maximum absolute atomic E-state index is 12.2. The molecule has 0 aromatic carbocycles. The molecule has 2 aromatic rings. The highest BCUT2D eigenvalue weighted by molar-refractivity contribution is 5.74. The monoisotopic (exact) mass is 345 g/mol. The first-order valence-electron chi connectivity index (χ1n) is 8.38. The van der Waals surface area contributed by atoms with Gasteiger partial charge in [-0.1, -0.05) is 5.16 Å². The number of aromatic nitrogens is 3. The third-order valence-electron chi connectivity index (χ3n) is 3.99. The molecular weight excluding hydrogens is 322 g/mol. The average molecular weight is 345 g/mol. The van der Waals surface area contributed by atoms with Crippen molar-refractivity contribution in [3.63, 3.8) is 0 Å². The lowest BCUT2D eigenvalue weighted by Crippen LogP contribution is -2.51. The van der Waals surface area contributed by atoms with E-state index in [9.17, 15) is 4.79 Å². The zero-order chi connectivity index (χ0) is 17.5. The molecule has 9 heteroatoms. The molecule has 0 unspecified atom stereocenters. The number of carbonyl (C=O) groups is 1. The van der Waals surface area contributed by atoms with Crippen molar-refractivity contribution in [3.05, 3.63) is 36.1 Å². The lowest BCUT2D eigenvalue weighted by atomic mass is 10.3. The van der Waals surface area contributed by atoms with Crippen molar-refractivity contribution in [1.82, 2.24) is 30.2 Å². The van der Waals surface area contributed by atoms with Crippen LogP contribution in [0.4, 0.5) is 10.6 Å². The molecule has 1 saturated heterocycles. The standard InChI is InChI=1S/C16H23N7O2/c1-13-10-14(25-21-13)12-22-6-8-23(9-7-22)16(24)20-5-4-19-15-11-17-2-3-18-15/h2-3,10-11H,4-9,12H2,1H3,(H,18,19)(H,20,24). The molecule has 1 fully saturated rings. The van der Waals surface area contributed by atoms with Gasteiger partial charge in [0.15, 0.2) is 5.76 Å². The number of piperazine rings is 1. The van der Waals surface area contributed by atoms with E-state index < -0.39 is 0 Å². The number of nitrogens with zero attached hydrogens (tertiary/aromatic N) is 5. The van der Waals surface area contributed by atoms with Gasteiger partial charge in [-0.25, -0.2) is 9.78 Å². The van der Waals surface area contributed by atoms with Gasteiger partial charge in [-0.15, -0.1) is 0 Å². The van der Waals surface area contributed by atoms with Crippen LogP contribution in [0.3, 0.4) is 0 Å². The zero-order valence-electron chi connectivity index (χ0n) is 14.3. The first-order chi connectivity index (χ1) is 12.2. The Morgan fingerprint density at radius 3 is 2.76 bits per heavy atom. The van der Waals surface area contributed by atoms with Crippen LogP contribution in [0, 0.1) is 6.92 Å². The summed E-state index contributed by atoms with van der Waals surface area (Å²) in [6.07, 6.45) is 4.90. The second-order valence-corrected chi connectivity index (χ2v) is 5.95. The summed E-state index contributed by atoms with van der Waals surface area (Å²) >= 11 is 0. The minimum absolute atomic E-state index is 0.0314. The van der Waals surface area contributed by atoms with Gasteiger partial charge in [0.2, 0.25) is 0 Å². The minimum atomic E-state index is -0.0314. The van der Waals surface area contributed by atoms with Crippen LogP contribution < -0.4 is 10.6 Å². The third kappa shape index (κ3) is 5.15. The molecule has 0 saturated carbocycles. The molecular formula is C16H23N7O2. The fourth-order valence-electron chi connectivity index (χ4n) is 2.68. The smallest absolute Gasteiger partial charge is 0.317 e. The van der Waals surface area contributed by atoms with Crippen LogP contribution in [0.25, 0.3) is 0 Å². The highest BCUT2D eigenvalue weighted by atomic mass is 16.5. The number of rotatable bonds is 6. The number of hydrogen-bond donors (Lipinski definition) is 2. The van der Waals surface area contributed by atoms with E-state index in [1.165, 1.54) is 0 Å². The van der Waals surface area contributed by atoms with Crippen molar-refractivity contribution in [2.24, 2.45) is 0 Å². The normalized spacial score (nSPS) is 15.2. The van der Waals surface area contributed by atoms with Crippen molar-refractivity contribution in [3.8, 4) is 0 Å². The second kappa shape index (κ2) is 8.43. The summed E-state index contributed by atoms with van der Waals surface area (Å²) in [7, 11) is 0. The molecule has 134 valence electrons. The number of hydrogen-bond acceptors (Lipinski definition) is 7. The van der Waals surface area contributed by atoms with E-state index in [1.54, 1.807) is 18.6 Å². The van der Waals surface area contributed by atoms with Gasteiger partial charge in [0.05, 0.1) is 18.4 Å². The fourth-order valence-corrected chi connectivity index (χ4v) is 2.68. The summed E-state index contributed by atoms with van der Waals surface area (Å²) in [5.74, 6) is 1.57. The molecule has 3 heterocycles. The van der Waals surface area contributed by atoms with Crippen molar-refractivity contribution in [1.29, 1.82) is 0 Å². The minimum Gasteiger partial charge on any atom is -0.367 e. The molecule has 1 aliphatic rings. The van der Waals surface area contributed by atoms with Crippen LogP contribution in [-0.4, -0.2) is 70.2 Å². The molecule has 2 N–H and O–H groups in total. The van der Waals surface area contributed by atoms with Crippen molar-refractivity contribution < 1.29 is 9.32 Å². The number of urea groups is 1. The number of aryl methyl sites for hydroxylation is 1. The van der Waals surface area contributed by atoms with Crippen LogP contribution in [0.5, 0.6) is 0 Å². The van der Waals surface area contributed by atoms with Gasteiger partial charge in [0.1, 0.15) is 5.82 Å². The van der Waals surface area contributed by atoms with Gasteiger partial charge in [-0.3, -0.25) is 9.88 Å². The predicted octanol–water partition coefficient (Wildman–Crippen LogP) is 0.712. The zero-order valence-corrected chi connectivity index (χ0v) is 14.3. The van der Waals surface area contributed by atoms with Crippen LogP contribution >= 0.6 is 0 Å². The van der Waals surface area contributed by atoms with E-state index in [2.05, 4.69) is 30.7 Å². The molecule has 0 aliphatic carbocycles. The molecule has 2 amide bonds. The molecule has 0 spiro atoms.